The number of aliphatic hydroxyl groups is 2. The van der Waals surface area contributed by atoms with Gasteiger partial charge in [0.05, 0.1) is 17.1 Å². The Bertz CT molecular complexity index is 865. The second kappa shape index (κ2) is 5.20. The largest absolute Gasteiger partial charge is 0.388 e. The summed E-state index contributed by atoms with van der Waals surface area (Å²) in [6.45, 7) is 2.96. The van der Waals surface area contributed by atoms with E-state index in [2.05, 4.69) is 9.97 Å². The van der Waals surface area contributed by atoms with Crippen LogP contribution in [-0.2, 0) is 4.74 Å². The number of H-pyrrole nitrogens is 1. The summed E-state index contributed by atoms with van der Waals surface area (Å²) < 4.78 is 21.0. The minimum Gasteiger partial charge on any atom is -0.388 e. The van der Waals surface area contributed by atoms with E-state index in [0.717, 1.165) is 0 Å². The van der Waals surface area contributed by atoms with E-state index in [0.29, 0.717) is 0 Å². The molecular formula is C13H14FN3O4S. The molecule has 1 fully saturated rings. The molecule has 0 aliphatic carbocycles. The summed E-state index contributed by atoms with van der Waals surface area (Å²) in [5, 5.41) is 19.8. The SMILES string of the molecule is Cc1c(F)c2cn([C@@H]3O[C@H](C)C(O)[C@@H]3O)c(=S)nc2[nH]c1=O. The van der Waals surface area contributed by atoms with Gasteiger partial charge in [-0.05, 0) is 26.1 Å². The van der Waals surface area contributed by atoms with Crippen LogP contribution in [0.4, 0.5) is 4.39 Å². The number of hydrogen-bond acceptors (Lipinski definition) is 6. The van der Waals surface area contributed by atoms with E-state index < -0.39 is 35.9 Å². The van der Waals surface area contributed by atoms with Crippen LogP contribution in [0.1, 0.15) is 18.7 Å². The molecule has 9 heteroatoms. The lowest BCUT2D eigenvalue weighted by atomic mass is 10.1. The zero-order chi connectivity index (χ0) is 16.2. The monoisotopic (exact) mass is 327 g/mol. The summed E-state index contributed by atoms with van der Waals surface area (Å²) in [5.41, 5.74) is -0.625. The quantitative estimate of drug-likeness (QED) is 0.661. The third kappa shape index (κ3) is 2.17. The van der Waals surface area contributed by atoms with Crippen molar-refractivity contribution in [3.8, 4) is 0 Å². The molecule has 2 aromatic heterocycles. The molecule has 0 spiro atoms. The summed E-state index contributed by atoms with van der Waals surface area (Å²) in [5.74, 6) is -0.712. The molecule has 1 aliphatic heterocycles. The molecule has 0 radical (unpaired) electrons. The van der Waals surface area contributed by atoms with Crippen molar-refractivity contribution in [2.75, 3.05) is 0 Å². The predicted octanol–water partition coefficient (Wildman–Crippen LogP) is 0.541. The fourth-order valence-electron chi connectivity index (χ4n) is 2.47. The van der Waals surface area contributed by atoms with Gasteiger partial charge in [0.15, 0.2) is 6.23 Å². The number of nitrogens with one attached hydrogen (secondary N) is 1. The van der Waals surface area contributed by atoms with E-state index in [-0.39, 0.29) is 21.4 Å². The number of hydrogen-bond donors (Lipinski definition) is 3. The maximum Gasteiger partial charge on any atom is 0.255 e. The van der Waals surface area contributed by atoms with Crippen LogP contribution in [0.2, 0.25) is 0 Å². The Morgan fingerprint density at radius 2 is 2.14 bits per heavy atom. The van der Waals surface area contributed by atoms with E-state index in [4.69, 9.17) is 17.0 Å². The molecule has 0 saturated carbocycles. The normalized spacial score (nSPS) is 28.4. The Balaban J connectivity index is 2.22. The summed E-state index contributed by atoms with van der Waals surface area (Å²) in [6.07, 6.45) is -2.54. The molecule has 0 amide bonds. The zero-order valence-electron chi connectivity index (χ0n) is 11.8. The molecular weight excluding hydrogens is 313 g/mol. The van der Waals surface area contributed by atoms with Crippen LogP contribution in [0, 0.1) is 17.5 Å². The first-order valence-corrected chi connectivity index (χ1v) is 7.05. The van der Waals surface area contributed by atoms with Crippen molar-refractivity contribution in [1.29, 1.82) is 0 Å². The molecule has 22 heavy (non-hydrogen) atoms. The van der Waals surface area contributed by atoms with Crippen LogP contribution in [0.3, 0.4) is 0 Å². The first-order chi connectivity index (χ1) is 10.3. The van der Waals surface area contributed by atoms with Gasteiger partial charge in [-0.3, -0.25) is 9.36 Å². The van der Waals surface area contributed by atoms with Gasteiger partial charge in [-0.25, -0.2) is 9.37 Å². The third-order valence-electron chi connectivity index (χ3n) is 3.84. The highest BCUT2D eigenvalue weighted by atomic mass is 32.1. The van der Waals surface area contributed by atoms with Gasteiger partial charge in [0, 0.05) is 6.20 Å². The Hall–Kier alpha value is -1.68. The standard InChI is InChI=1S/C13H14FN3O4S/c1-4-7(14)6-3-17(12-9(19)8(18)5(2)21-12)13(22)16-10(6)15-11(4)20/h3,5,8-9,12,18-19H,1-2H3,(H,15,16,20,22)/t5-,8?,9+,12-/m1/s1. The number of aromatic nitrogens is 3. The maximum absolute atomic E-state index is 14.2. The number of aliphatic hydroxyl groups excluding tert-OH is 2. The van der Waals surface area contributed by atoms with Crippen molar-refractivity contribution in [3.63, 3.8) is 0 Å². The van der Waals surface area contributed by atoms with Crippen LogP contribution in [0.25, 0.3) is 11.0 Å². The Morgan fingerprint density at radius 3 is 2.73 bits per heavy atom. The Morgan fingerprint density at radius 1 is 1.45 bits per heavy atom. The lowest BCUT2D eigenvalue weighted by Crippen LogP contribution is -2.30. The van der Waals surface area contributed by atoms with Crippen LogP contribution in [0.5, 0.6) is 0 Å². The Kier molecular flexibility index (Phi) is 3.60. The van der Waals surface area contributed by atoms with Crippen LogP contribution >= 0.6 is 12.2 Å². The topological polar surface area (TPSA) is 100 Å². The highest BCUT2D eigenvalue weighted by Crippen LogP contribution is 2.30. The predicted molar refractivity (Wildman–Crippen MR) is 77.5 cm³/mol. The molecule has 118 valence electrons. The highest BCUT2D eigenvalue weighted by molar-refractivity contribution is 7.71. The van der Waals surface area contributed by atoms with Gasteiger partial charge >= 0.3 is 0 Å². The first kappa shape index (κ1) is 15.2. The number of rotatable bonds is 1. The van der Waals surface area contributed by atoms with Crippen molar-refractivity contribution >= 4 is 23.3 Å². The number of nitrogens with zero attached hydrogens (tertiary/aromatic N) is 2. The molecule has 7 nitrogen and oxygen atoms in total. The van der Waals surface area contributed by atoms with Crippen molar-refractivity contribution in [2.45, 2.75) is 38.4 Å². The summed E-state index contributed by atoms with van der Waals surface area (Å²) >= 11 is 5.10. The van der Waals surface area contributed by atoms with Gasteiger partial charge in [-0.1, -0.05) is 0 Å². The van der Waals surface area contributed by atoms with Crippen molar-refractivity contribution in [3.05, 3.63) is 32.7 Å². The average molecular weight is 327 g/mol. The number of pyridine rings is 1. The van der Waals surface area contributed by atoms with Gasteiger partial charge < -0.3 is 19.9 Å². The minimum atomic E-state index is -1.21. The molecule has 0 aromatic carbocycles. The molecule has 2 aromatic rings. The van der Waals surface area contributed by atoms with Gasteiger partial charge in [0.25, 0.3) is 5.56 Å². The fraction of sp³-hybridized carbons (Fsp3) is 0.462. The molecule has 3 rings (SSSR count). The van der Waals surface area contributed by atoms with Crippen molar-refractivity contribution in [1.82, 2.24) is 14.5 Å². The molecule has 1 unspecified atom stereocenters. The smallest absolute Gasteiger partial charge is 0.255 e. The molecule has 1 aliphatic rings. The van der Waals surface area contributed by atoms with Gasteiger partial charge in [-0.2, -0.15) is 0 Å². The van der Waals surface area contributed by atoms with Crippen LogP contribution in [-0.4, -0.2) is 43.1 Å². The zero-order valence-corrected chi connectivity index (χ0v) is 12.6. The third-order valence-corrected chi connectivity index (χ3v) is 4.14. The minimum absolute atomic E-state index is 0.00301. The summed E-state index contributed by atoms with van der Waals surface area (Å²) in [7, 11) is 0. The summed E-state index contributed by atoms with van der Waals surface area (Å²) in [6, 6.07) is 0. The molecule has 3 N–H and O–H groups in total. The van der Waals surface area contributed by atoms with E-state index in [9.17, 15) is 19.4 Å². The average Bonchev–Trinajstić information content (AvgIpc) is 2.72. The second-order valence-electron chi connectivity index (χ2n) is 5.30. The van der Waals surface area contributed by atoms with Crippen molar-refractivity contribution < 1.29 is 19.3 Å². The molecule has 4 atom stereocenters. The van der Waals surface area contributed by atoms with E-state index in [1.807, 2.05) is 0 Å². The van der Waals surface area contributed by atoms with Crippen LogP contribution in [0.15, 0.2) is 11.0 Å². The van der Waals surface area contributed by atoms with Crippen LogP contribution < -0.4 is 5.56 Å². The van der Waals surface area contributed by atoms with Gasteiger partial charge in [0.1, 0.15) is 23.7 Å². The molecule has 1 saturated heterocycles. The maximum atomic E-state index is 14.2. The van der Waals surface area contributed by atoms with Gasteiger partial charge in [0.2, 0.25) is 4.77 Å². The summed E-state index contributed by atoms with van der Waals surface area (Å²) in [4.78, 5) is 18.0. The van der Waals surface area contributed by atoms with E-state index in [1.165, 1.54) is 17.7 Å². The number of ether oxygens (including phenoxy) is 1. The van der Waals surface area contributed by atoms with E-state index >= 15 is 0 Å². The number of halogens is 1. The number of fused-ring (bicyclic) bond motifs is 1. The van der Waals surface area contributed by atoms with E-state index in [1.54, 1.807) is 6.92 Å². The highest BCUT2D eigenvalue weighted by Gasteiger charge is 2.41. The fourth-order valence-corrected chi connectivity index (χ4v) is 2.72. The van der Waals surface area contributed by atoms with Crippen molar-refractivity contribution in [2.24, 2.45) is 0 Å². The number of aromatic amines is 1. The first-order valence-electron chi connectivity index (χ1n) is 6.64. The lowest BCUT2D eigenvalue weighted by Gasteiger charge is -2.18. The lowest BCUT2D eigenvalue weighted by molar-refractivity contribution is -0.0336. The van der Waals surface area contributed by atoms with Gasteiger partial charge in [-0.15, -0.1) is 0 Å². The second-order valence-corrected chi connectivity index (χ2v) is 5.66. The molecule has 0 bridgehead atoms. The Labute approximate surface area is 129 Å². The molecule has 3 heterocycles.